The number of hydrogen-bond acceptors (Lipinski definition) is 2. The van der Waals surface area contributed by atoms with Gasteiger partial charge in [-0.3, -0.25) is 0 Å². The molecule has 0 heterocycles. The molecule has 0 atom stereocenters. The predicted molar refractivity (Wildman–Crippen MR) is 71.0 cm³/mol. The van der Waals surface area contributed by atoms with Crippen molar-refractivity contribution in [2.75, 3.05) is 5.73 Å². The third kappa shape index (κ3) is 2.84. The lowest BCUT2D eigenvalue weighted by Gasteiger charge is -2.12. The molecule has 0 amide bonds. The summed E-state index contributed by atoms with van der Waals surface area (Å²) in [5.41, 5.74) is 8.46. The van der Waals surface area contributed by atoms with Gasteiger partial charge in [-0.1, -0.05) is 18.2 Å². The first-order valence-corrected chi connectivity index (χ1v) is 5.91. The predicted octanol–water partition coefficient (Wildman–Crippen LogP) is 3.74. The Morgan fingerprint density at radius 1 is 1.11 bits per heavy atom. The summed E-state index contributed by atoms with van der Waals surface area (Å²) in [7, 11) is 0. The first-order valence-electron chi connectivity index (χ1n) is 5.91. The molecule has 0 aliphatic carbocycles. The van der Waals surface area contributed by atoms with Gasteiger partial charge in [-0.2, -0.15) is 0 Å². The van der Waals surface area contributed by atoms with Gasteiger partial charge in [-0.05, 0) is 31.0 Å². The highest BCUT2D eigenvalue weighted by Gasteiger charge is 2.09. The van der Waals surface area contributed by atoms with E-state index in [9.17, 15) is 8.78 Å². The summed E-state index contributed by atoms with van der Waals surface area (Å²) in [6.45, 7) is 3.75. The van der Waals surface area contributed by atoms with E-state index in [1.54, 1.807) is 6.07 Å². The number of ether oxygens (including phenoxy) is 1. The second-order valence-electron chi connectivity index (χ2n) is 4.48. The molecule has 0 fully saturated rings. The summed E-state index contributed by atoms with van der Waals surface area (Å²) in [6, 6.07) is 7.61. The highest BCUT2D eigenvalue weighted by Crippen LogP contribution is 2.25. The van der Waals surface area contributed by atoms with E-state index >= 15 is 0 Å². The lowest BCUT2D eigenvalue weighted by molar-refractivity contribution is 0.295. The normalized spacial score (nSPS) is 10.5. The Bertz CT molecular complexity index is 611. The fraction of sp³-hybridized carbons (Fsp3) is 0.200. The summed E-state index contributed by atoms with van der Waals surface area (Å²) in [6.07, 6.45) is 0. The van der Waals surface area contributed by atoms with Crippen LogP contribution in [0.2, 0.25) is 0 Å². The topological polar surface area (TPSA) is 35.2 Å². The van der Waals surface area contributed by atoms with Crippen molar-refractivity contribution in [1.82, 2.24) is 0 Å². The molecule has 0 spiro atoms. The van der Waals surface area contributed by atoms with Crippen molar-refractivity contribution in [2.24, 2.45) is 0 Å². The molecular formula is C15H15F2NO. The summed E-state index contributed by atoms with van der Waals surface area (Å²) >= 11 is 0. The van der Waals surface area contributed by atoms with Gasteiger partial charge in [0.15, 0.2) is 11.6 Å². The zero-order chi connectivity index (χ0) is 14.0. The molecule has 0 aromatic heterocycles. The molecule has 0 saturated carbocycles. The second kappa shape index (κ2) is 5.26. The number of hydrogen-bond donors (Lipinski definition) is 1. The first-order chi connectivity index (χ1) is 8.99. The van der Waals surface area contributed by atoms with Gasteiger partial charge in [0, 0.05) is 17.3 Å². The van der Waals surface area contributed by atoms with Gasteiger partial charge in [-0.25, -0.2) is 8.78 Å². The smallest absolute Gasteiger partial charge is 0.165 e. The Balaban J connectivity index is 2.19. The van der Waals surface area contributed by atoms with Gasteiger partial charge >= 0.3 is 0 Å². The van der Waals surface area contributed by atoms with E-state index in [0.29, 0.717) is 11.4 Å². The van der Waals surface area contributed by atoms with E-state index in [4.69, 9.17) is 10.5 Å². The zero-order valence-electron chi connectivity index (χ0n) is 10.8. The first kappa shape index (κ1) is 13.3. The average molecular weight is 263 g/mol. The maximum atomic E-state index is 13.5. The van der Waals surface area contributed by atoms with E-state index in [1.807, 2.05) is 19.9 Å². The van der Waals surface area contributed by atoms with Gasteiger partial charge in [0.2, 0.25) is 0 Å². The van der Waals surface area contributed by atoms with Crippen molar-refractivity contribution in [3.63, 3.8) is 0 Å². The number of nitrogen functional groups attached to an aromatic ring is 1. The van der Waals surface area contributed by atoms with Crippen LogP contribution in [0.25, 0.3) is 0 Å². The van der Waals surface area contributed by atoms with Crippen LogP contribution in [0.4, 0.5) is 14.5 Å². The van der Waals surface area contributed by atoms with E-state index in [0.717, 1.165) is 17.2 Å². The lowest BCUT2D eigenvalue weighted by atomic mass is 10.1. The Morgan fingerprint density at radius 3 is 2.58 bits per heavy atom. The van der Waals surface area contributed by atoms with Gasteiger partial charge in [0.1, 0.15) is 12.4 Å². The van der Waals surface area contributed by atoms with E-state index in [2.05, 4.69) is 0 Å². The molecular weight excluding hydrogens is 248 g/mol. The Hall–Kier alpha value is -2.10. The number of benzene rings is 2. The number of nitrogens with two attached hydrogens (primary N) is 1. The number of aryl methyl sites for hydroxylation is 2. The monoisotopic (exact) mass is 263 g/mol. The van der Waals surface area contributed by atoms with Crippen LogP contribution in [0.5, 0.6) is 5.75 Å². The fourth-order valence-electron chi connectivity index (χ4n) is 1.82. The van der Waals surface area contributed by atoms with Crippen LogP contribution in [0.3, 0.4) is 0 Å². The molecule has 4 heteroatoms. The van der Waals surface area contributed by atoms with Gasteiger partial charge in [0.05, 0.1) is 0 Å². The van der Waals surface area contributed by atoms with Crippen LogP contribution >= 0.6 is 0 Å². The summed E-state index contributed by atoms with van der Waals surface area (Å²) in [5.74, 6) is -1.17. The van der Waals surface area contributed by atoms with E-state index < -0.39 is 11.6 Å². The van der Waals surface area contributed by atoms with Crippen molar-refractivity contribution in [3.8, 4) is 5.75 Å². The Kier molecular flexibility index (Phi) is 3.69. The maximum Gasteiger partial charge on any atom is 0.165 e. The molecule has 2 N–H and O–H groups in total. The molecule has 0 aliphatic heterocycles. The minimum Gasteiger partial charge on any atom is -0.488 e. The van der Waals surface area contributed by atoms with Gasteiger partial charge in [0.25, 0.3) is 0 Å². The molecule has 0 aliphatic rings. The minimum absolute atomic E-state index is 0.0348. The summed E-state index contributed by atoms with van der Waals surface area (Å²) < 4.78 is 32.0. The zero-order valence-corrected chi connectivity index (χ0v) is 10.8. The number of rotatable bonds is 3. The van der Waals surface area contributed by atoms with Crippen LogP contribution in [-0.2, 0) is 6.61 Å². The highest BCUT2D eigenvalue weighted by molar-refractivity contribution is 5.54. The molecule has 0 unspecified atom stereocenters. The second-order valence-corrected chi connectivity index (χ2v) is 4.48. The van der Waals surface area contributed by atoms with Crippen LogP contribution in [-0.4, -0.2) is 0 Å². The van der Waals surface area contributed by atoms with Crippen molar-refractivity contribution >= 4 is 5.69 Å². The molecule has 0 saturated heterocycles. The van der Waals surface area contributed by atoms with Crippen molar-refractivity contribution in [3.05, 3.63) is 58.7 Å². The van der Waals surface area contributed by atoms with Gasteiger partial charge in [-0.15, -0.1) is 0 Å². The molecule has 0 bridgehead atoms. The molecule has 19 heavy (non-hydrogen) atoms. The average Bonchev–Trinajstić information content (AvgIpc) is 2.37. The Morgan fingerprint density at radius 2 is 1.84 bits per heavy atom. The van der Waals surface area contributed by atoms with Crippen LogP contribution in [0, 0.1) is 25.5 Å². The van der Waals surface area contributed by atoms with Crippen LogP contribution in [0.1, 0.15) is 16.7 Å². The maximum absolute atomic E-state index is 13.5. The standard InChI is InChI=1S/C15H15F2NO/c1-9-6-10(2)14(7-13(9)18)19-8-11-4-3-5-12(16)15(11)17/h3-7H,8,18H2,1-2H3. The quantitative estimate of drug-likeness (QED) is 0.856. The highest BCUT2D eigenvalue weighted by atomic mass is 19.2. The summed E-state index contributed by atoms with van der Waals surface area (Å²) in [4.78, 5) is 0. The van der Waals surface area contributed by atoms with Crippen LogP contribution < -0.4 is 10.5 Å². The van der Waals surface area contributed by atoms with Crippen LogP contribution in [0.15, 0.2) is 30.3 Å². The molecule has 2 aromatic rings. The van der Waals surface area contributed by atoms with Gasteiger partial charge < -0.3 is 10.5 Å². The van der Waals surface area contributed by atoms with Crippen molar-refractivity contribution in [2.45, 2.75) is 20.5 Å². The lowest BCUT2D eigenvalue weighted by Crippen LogP contribution is -2.02. The molecule has 2 aromatic carbocycles. The SMILES string of the molecule is Cc1cc(C)c(OCc2cccc(F)c2F)cc1N. The molecule has 0 radical (unpaired) electrons. The molecule has 2 rings (SSSR count). The Labute approximate surface area is 110 Å². The summed E-state index contributed by atoms with van der Waals surface area (Å²) in [5, 5.41) is 0. The van der Waals surface area contributed by atoms with E-state index in [-0.39, 0.29) is 12.2 Å². The fourth-order valence-corrected chi connectivity index (χ4v) is 1.82. The molecule has 100 valence electrons. The number of anilines is 1. The van der Waals surface area contributed by atoms with Crippen molar-refractivity contribution < 1.29 is 13.5 Å². The largest absolute Gasteiger partial charge is 0.488 e. The number of halogens is 2. The third-order valence-corrected chi connectivity index (χ3v) is 2.98. The molecule has 2 nitrogen and oxygen atoms in total. The van der Waals surface area contributed by atoms with E-state index in [1.165, 1.54) is 12.1 Å². The third-order valence-electron chi connectivity index (χ3n) is 2.98. The minimum atomic E-state index is -0.875. The van der Waals surface area contributed by atoms with Crippen molar-refractivity contribution in [1.29, 1.82) is 0 Å².